The summed E-state index contributed by atoms with van der Waals surface area (Å²) < 4.78 is 3.02. The van der Waals surface area contributed by atoms with Gasteiger partial charge in [0.15, 0.2) is 5.82 Å². The molecule has 4 aliphatic carbocycles. The average molecular weight is 388 g/mol. The number of tetrazole rings is 1. The van der Waals surface area contributed by atoms with E-state index in [1.54, 1.807) is 0 Å². The predicted molar refractivity (Wildman–Crippen MR) is 94.6 cm³/mol. The molecule has 2 aromatic rings. The summed E-state index contributed by atoms with van der Waals surface area (Å²) in [7, 11) is 2.10. The summed E-state index contributed by atoms with van der Waals surface area (Å²) in [5.41, 5.74) is 0.950. The van der Waals surface area contributed by atoms with Crippen LogP contribution in [0.15, 0.2) is 28.7 Å². The highest BCUT2D eigenvalue weighted by atomic mass is 79.9. The van der Waals surface area contributed by atoms with Gasteiger partial charge in [-0.1, -0.05) is 15.9 Å². The fourth-order valence-electron chi connectivity index (χ4n) is 6.01. The number of nitrogens with one attached hydrogen (secondary N) is 1. The third kappa shape index (κ3) is 1.99. The van der Waals surface area contributed by atoms with Crippen molar-refractivity contribution in [2.45, 2.75) is 37.6 Å². The fourth-order valence-corrected chi connectivity index (χ4v) is 6.28. The van der Waals surface area contributed by atoms with Crippen LogP contribution in [-0.2, 0) is 5.54 Å². The lowest BCUT2D eigenvalue weighted by Gasteiger charge is -2.60. The van der Waals surface area contributed by atoms with Crippen LogP contribution in [0.2, 0.25) is 0 Å². The topological polar surface area (TPSA) is 55.6 Å². The maximum atomic E-state index is 4.53. The molecule has 1 heterocycles. The molecule has 4 fully saturated rings. The van der Waals surface area contributed by atoms with Gasteiger partial charge in [-0.25, -0.2) is 0 Å². The highest BCUT2D eigenvalue weighted by molar-refractivity contribution is 9.10. The van der Waals surface area contributed by atoms with E-state index in [9.17, 15) is 0 Å². The number of rotatable bonds is 3. The Hall–Kier alpha value is -1.27. The third-order valence-corrected chi connectivity index (χ3v) is 7.28. The Labute approximate surface area is 150 Å². The summed E-state index contributed by atoms with van der Waals surface area (Å²) >= 11 is 3.51. The monoisotopic (exact) mass is 387 g/mol. The van der Waals surface area contributed by atoms with Crippen LogP contribution in [0.4, 0.5) is 0 Å². The van der Waals surface area contributed by atoms with E-state index < -0.39 is 0 Å². The molecule has 0 amide bonds. The van der Waals surface area contributed by atoms with E-state index in [-0.39, 0.29) is 5.54 Å². The summed E-state index contributed by atoms with van der Waals surface area (Å²) in [4.78, 5) is 0. The minimum absolute atomic E-state index is 0.0794. The van der Waals surface area contributed by atoms with Crippen molar-refractivity contribution in [3.05, 3.63) is 34.6 Å². The van der Waals surface area contributed by atoms with Gasteiger partial charge in [0.05, 0.1) is 11.2 Å². The van der Waals surface area contributed by atoms with E-state index >= 15 is 0 Å². The van der Waals surface area contributed by atoms with Gasteiger partial charge < -0.3 is 5.32 Å². The Morgan fingerprint density at radius 2 is 1.67 bits per heavy atom. The van der Waals surface area contributed by atoms with E-state index in [0.717, 1.165) is 27.8 Å². The lowest BCUT2D eigenvalue weighted by Crippen LogP contribution is -2.62. The van der Waals surface area contributed by atoms with Gasteiger partial charge in [0, 0.05) is 4.47 Å². The quantitative estimate of drug-likeness (QED) is 0.877. The van der Waals surface area contributed by atoms with Crippen LogP contribution in [0.25, 0.3) is 5.69 Å². The molecule has 0 aliphatic heterocycles. The van der Waals surface area contributed by atoms with Crippen molar-refractivity contribution < 1.29 is 0 Å². The van der Waals surface area contributed by atoms with E-state index in [4.69, 9.17) is 0 Å². The first-order valence-electron chi connectivity index (χ1n) is 8.94. The van der Waals surface area contributed by atoms with Crippen LogP contribution in [0.3, 0.4) is 0 Å². The largest absolute Gasteiger partial charge is 0.307 e. The standard InChI is InChI=1S/C18H22BrN5/c1-20-18(13-7-11-6-12(9-13)10-14(18)8-11)17-21-22-23-24(17)16-4-2-15(19)3-5-16/h2-5,11-14,20H,6-10H2,1H3. The molecule has 0 spiro atoms. The molecule has 0 atom stereocenters. The van der Waals surface area contributed by atoms with E-state index in [2.05, 4.69) is 56.0 Å². The molecule has 6 rings (SSSR count). The van der Waals surface area contributed by atoms with Crippen molar-refractivity contribution in [3.63, 3.8) is 0 Å². The zero-order valence-electron chi connectivity index (χ0n) is 13.8. The minimum Gasteiger partial charge on any atom is -0.307 e. The molecule has 24 heavy (non-hydrogen) atoms. The first-order valence-corrected chi connectivity index (χ1v) is 9.73. The zero-order valence-corrected chi connectivity index (χ0v) is 15.4. The molecule has 1 N–H and O–H groups in total. The Morgan fingerprint density at radius 3 is 2.25 bits per heavy atom. The van der Waals surface area contributed by atoms with Gasteiger partial charge in [-0.3, -0.25) is 0 Å². The van der Waals surface area contributed by atoms with Crippen LogP contribution in [0, 0.1) is 23.7 Å². The lowest BCUT2D eigenvalue weighted by atomic mass is 9.48. The molecule has 4 saturated carbocycles. The van der Waals surface area contributed by atoms with Crippen molar-refractivity contribution in [1.29, 1.82) is 0 Å². The number of hydrogen-bond donors (Lipinski definition) is 1. The van der Waals surface area contributed by atoms with Gasteiger partial charge in [0.25, 0.3) is 0 Å². The molecule has 6 heteroatoms. The molecule has 0 unspecified atom stereocenters. The fraction of sp³-hybridized carbons (Fsp3) is 0.611. The number of aromatic nitrogens is 4. The number of halogens is 1. The first-order chi connectivity index (χ1) is 11.7. The van der Waals surface area contributed by atoms with E-state index in [0.29, 0.717) is 11.8 Å². The van der Waals surface area contributed by atoms with Crippen molar-refractivity contribution in [3.8, 4) is 5.69 Å². The van der Waals surface area contributed by atoms with Crippen molar-refractivity contribution in [2.24, 2.45) is 23.7 Å². The van der Waals surface area contributed by atoms with Gasteiger partial charge in [0.1, 0.15) is 0 Å². The summed E-state index contributed by atoms with van der Waals surface area (Å²) in [5, 5.41) is 16.6. The highest BCUT2D eigenvalue weighted by Crippen LogP contribution is 2.61. The van der Waals surface area contributed by atoms with E-state index in [1.807, 2.05) is 16.8 Å². The summed E-state index contributed by atoms with van der Waals surface area (Å²) in [6, 6.07) is 8.24. The first kappa shape index (κ1) is 15.0. The van der Waals surface area contributed by atoms with E-state index in [1.165, 1.54) is 32.1 Å². The van der Waals surface area contributed by atoms with Crippen molar-refractivity contribution >= 4 is 15.9 Å². The average Bonchev–Trinajstić information content (AvgIpc) is 3.06. The van der Waals surface area contributed by atoms with Crippen molar-refractivity contribution in [1.82, 2.24) is 25.5 Å². The molecule has 0 saturated heterocycles. The number of benzene rings is 1. The molecule has 1 aromatic carbocycles. The molecule has 4 aliphatic rings. The maximum Gasteiger partial charge on any atom is 0.177 e. The molecule has 0 radical (unpaired) electrons. The van der Waals surface area contributed by atoms with Crippen LogP contribution in [-0.4, -0.2) is 27.3 Å². The number of hydrogen-bond acceptors (Lipinski definition) is 4. The molecule has 1 aromatic heterocycles. The smallest absolute Gasteiger partial charge is 0.177 e. The second-order valence-electron chi connectivity index (χ2n) is 7.81. The van der Waals surface area contributed by atoms with Crippen LogP contribution >= 0.6 is 15.9 Å². The van der Waals surface area contributed by atoms with Gasteiger partial charge in [-0.15, -0.1) is 5.10 Å². The summed E-state index contributed by atoms with van der Waals surface area (Å²) in [6.07, 6.45) is 6.73. The maximum absolute atomic E-state index is 4.53. The van der Waals surface area contributed by atoms with Gasteiger partial charge >= 0.3 is 0 Å². The van der Waals surface area contributed by atoms with Crippen LogP contribution in [0.5, 0.6) is 0 Å². The van der Waals surface area contributed by atoms with Crippen molar-refractivity contribution in [2.75, 3.05) is 7.05 Å². The van der Waals surface area contributed by atoms with Crippen LogP contribution < -0.4 is 5.32 Å². The Morgan fingerprint density at radius 1 is 1.04 bits per heavy atom. The van der Waals surface area contributed by atoms with Crippen LogP contribution in [0.1, 0.15) is 37.9 Å². The normalized spacial score (nSPS) is 37.1. The second kappa shape index (κ2) is 5.36. The molecule has 4 bridgehead atoms. The highest BCUT2D eigenvalue weighted by Gasteiger charge is 2.59. The lowest BCUT2D eigenvalue weighted by molar-refractivity contribution is -0.0795. The number of nitrogens with zero attached hydrogens (tertiary/aromatic N) is 4. The minimum atomic E-state index is -0.0794. The molecule has 126 valence electrons. The molecular weight excluding hydrogens is 366 g/mol. The zero-order chi connectivity index (χ0) is 16.3. The SMILES string of the molecule is CNC1(c2nnnn2-c2ccc(Br)cc2)C2CC3CC(C2)CC1C3. The predicted octanol–water partition coefficient (Wildman–Crippen LogP) is 3.30. The second-order valence-corrected chi connectivity index (χ2v) is 8.73. The van der Waals surface area contributed by atoms with Gasteiger partial charge in [-0.2, -0.15) is 4.68 Å². The summed E-state index contributed by atoms with van der Waals surface area (Å²) in [6.45, 7) is 0. The van der Waals surface area contributed by atoms with Gasteiger partial charge in [0.2, 0.25) is 0 Å². The third-order valence-electron chi connectivity index (χ3n) is 6.75. The summed E-state index contributed by atoms with van der Waals surface area (Å²) in [5.74, 6) is 4.15. The Balaban J connectivity index is 1.63. The molecular formula is C18H22BrN5. The molecule has 5 nitrogen and oxygen atoms in total. The Kier molecular flexibility index (Phi) is 3.36. The Bertz CT molecular complexity index is 725. The van der Waals surface area contributed by atoms with Gasteiger partial charge in [-0.05, 0) is 97.5 Å².